The molecule has 0 aliphatic carbocycles. The monoisotopic (exact) mass is 445 g/mol. The van der Waals surface area contributed by atoms with Gasteiger partial charge in [-0.1, -0.05) is 12.1 Å². The highest BCUT2D eigenvalue weighted by molar-refractivity contribution is 5.98. The SMILES string of the molecule is O=C1CCCN1c1cc2c3nc(nc2cn1)OCCOc1c(cccc1C(F)(F)F)CN3. The van der Waals surface area contributed by atoms with Crippen LogP contribution < -0.4 is 19.7 Å². The van der Waals surface area contributed by atoms with Crippen molar-refractivity contribution in [2.24, 2.45) is 0 Å². The van der Waals surface area contributed by atoms with Gasteiger partial charge in [0.1, 0.15) is 30.6 Å². The number of amides is 1. The molecule has 32 heavy (non-hydrogen) atoms. The van der Waals surface area contributed by atoms with Gasteiger partial charge >= 0.3 is 12.2 Å². The van der Waals surface area contributed by atoms with Gasteiger partial charge in [0.15, 0.2) is 0 Å². The number of rotatable bonds is 1. The molecule has 0 saturated carbocycles. The van der Waals surface area contributed by atoms with Crippen molar-refractivity contribution in [2.45, 2.75) is 25.6 Å². The zero-order chi connectivity index (χ0) is 22.3. The first-order valence-electron chi connectivity index (χ1n) is 10.1. The number of carbonyl (C=O) groups excluding carboxylic acids is 1. The molecule has 1 amide bonds. The van der Waals surface area contributed by atoms with Gasteiger partial charge in [-0.2, -0.15) is 23.1 Å². The number of pyridine rings is 1. The first-order valence-corrected chi connectivity index (χ1v) is 10.1. The summed E-state index contributed by atoms with van der Waals surface area (Å²) in [6.45, 7) is 0.466. The Labute approximate surface area is 180 Å². The van der Waals surface area contributed by atoms with Crippen LogP contribution in [0.25, 0.3) is 10.9 Å². The molecule has 3 aromatic rings. The topological polar surface area (TPSA) is 89.5 Å². The highest BCUT2D eigenvalue weighted by atomic mass is 19.4. The van der Waals surface area contributed by atoms with E-state index in [9.17, 15) is 18.0 Å². The summed E-state index contributed by atoms with van der Waals surface area (Å²) in [7, 11) is 0. The summed E-state index contributed by atoms with van der Waals surface area (Å²) >= 11 is 0. The van der Waals surface area contributed by atoms with Crippen LogP contribution in [-0.2, 0) is 17.5 Å². The fourth-order valence-corrected chi connectivity index (χ4v) is 3.81. The van der Waals surface area contributed by atoms with E-state index in [0.29, 0.717) is 41.1 Å². The molecule has 0 atom stereocenters. The van der Waals surface area contributed by atoms with Gasteiger partial charge < -0.3 is 14.8 Å². The van der Waals surface area contributed by atoms with Crippen LogP contribution in [0.1, 0.15) is 24.0 Å². The van der Waals surface area contributed by atoms with Crippen LogP contribution in [-0.4, -0.2) is 40.6 Å². The van der Waals surface area contributed by atoms with Crippen molar-refractivity contribution in [3.05, 3.63) is 41.6 Å². The maximum Gasteiger partial charge on any atom is 0.419 e. The number of alkyl halides is 3. The fraction of sp³-hybridized carbons (Fsp3) is 0.333. The molecule has 2 aromatic heterocycles. The van der Waals surface area contributed by atoms with E-state index in [2.05, 4.69) is 20.3 Å². The Morgan fingerprint density at radius 2 is 1.97 bits per heavy atom. The van der Waals surface area contributed by atoms with Gasteiger partial charge in [0, 0.05) is 30.5 Å². The molecule has 0 spiro atoms. The van der Waals surface area contributed by atoms with Gasteiger partial charge in [0.25, 0.3) is 0 Å². The normalized spacial score (nSPS) is 16.6. The van der Waals surface area contributed by atoms with Crippen molar-refractivity contribution in [2.75, 3.05) is 30.0 Å². The lowest BCUT2D eigenvalue weighted by atomic mass is 10.1. The number of carbonyl (C=O) groups is 1. The van der Waals surface area contributed by atoms with E-state index in [4.69, 9.17) is 9.47 Å². The molecule has 0 unspecified atom stereocenters. The molecular formula is C21H18F3N5O3. The Balaban J connectivity index is 1.57. The molecule has 4 heterocycles. The van der Waals surface area contributed by atoms with E-state index >= 15 is 0 Å². The van der Waals surface area contributed by atoms with Crippen molar-refractivity contribution in [3.63, 3.8) is 0 Å². The number of ether oxygens (including phenoxy) is 2. The molecule has 1 saturated heterocycles. The van der Waals surface area contributed by atoms with E-state index in [-0.39, 0.29) is 37.4 Å². The van der Waals surface area contributed by atoms with Crippen LogP contribution in [0.4, 0.5) is 24.8 Å². The second kappa shape index (κ2) is 7.81. The van der Waals surface area contributed by atoms with Crippen molar-refractivity contribution in [1.82, 2.24) is 15.0 Å². The number of hydrogen-bond acceptors (Lipinski definition) is 7. The van der Waals surface area contributed by atoms with Crippen LogP contribution in [0.2, 0.25) is 0 Å². The van der Waals surface area contributed by atoms with Crippen LogP contribution in [0.15, 0.2) is 30.5 Å². The van der Waals surface area contributed by atoms with Crippen LogP contribution in [0.5, 0.6) is 11.8 Å². The Bertz CT molecular complexity index is 1200. The Morgan fingerprint density at radius 1 is 1.12 bits per heavy atom. The Hall–Kier alpha value is -3.63. The first-order chi connectivity index (χ1) is 15.4. The van der Waals surface area contributed by atoms with Crippen LogP contribution >= 0.6 is 0 Å². The molecule has 2 bridgehead atoms. The van der Waals surface area contributed by atoms with Crippen molar-refractivity contribution in [1.29, 1.82) is 0 Å². The van der Waals surface area contributed by atoms with Gasteiger partial charge in [-0.25, -0.2) is 4.98 Å². The summed E-state index contributed by atoms with van der Waals surface area (Å²) in [6.07, 6.45) is -1.81. The molecular weight excluding hydrogens is 427 g/mol. The molecule has 0 radical (unpaired) electrons. The number of aromatic nitrogens is 3. The van der Waals surface area contributed by atoms with E-state index in [0.717, 1.165) is 12.5 Å². The van der Waals surface area contributed by atoms with Gasteiger partial charge in [0.05, 0.1) is 17.3 Å². The third kappa shape index (κ3) is 3.74. The summed E-state index contributed by atoms with van der Waals surface area (Å²) in [5.41, 5.74) is -0.0332. The van der Waals surface area contributed by atoms with Crippen LogP contribution in [0.3, 0.4) is 0 Å². The standard InChI is InChI=1S/C21H18F3N5O3/c22-21(23,24)14-4-1-3-12-10-26-19-13-9-16(29-6-2-5-17(29)30)25-11-15(13)27-20(28-19)32-8-7-31-18(12)14/h1,3-4,9,11H,2,5-8,10H2,(H,26,27,28). The number of anilines is 2. The maximum absolute atomic E-state index is 13.5. The number of halogens is 3. The van der Waals surface area contributed by atoms with E-state index in [1.807, 2.05) is 0 Å². The minimum Gasteiger partial charge on any atom is -0.489 e. The zero-order valence-corrected chi connectivity index (χ0v) is 16.8. The average Bonchev–Trinajstić information content (AvgIpc) is 3.18. The number of nitrogens with one attached hydrogen (secondary N) is 1. The summed E-state index contributed by atoms with van der Waals surface area (Å²) in [6, 6.07) is 5.65. The number of hydrogen-bond donors (Lipinski definition) is 1. The minimum absolute atomic E-state index is 0.0103. The molecule has 1 aromatic carbocycles. The number of benzene rings is 1. The smallest absolute Gasteiger partial charge is 0.419 e. The highest BCUT2D eigenvalue weighted by Crippen LogP contribution is 2.39. The van der Waals surface area contributed by atoms with Gasteiger partial charge in [-0.15, -0.1) is 0 Å². The van der Waals surface area contributed by atoms with Crippen molar-refractivity contribution in [3.8, 4) is 11.8 Å². The Kier molecular flexibility index (Phi) is 4.95. The highest BCUT2D eigenvalue weighted by Gasteiger charge is 2.35. The lowest BCUT2D eigenvalue weighted by molar-refractivity contribution is -0.139. The van der Waals surface area contributed by atoms with Gasteiger partial charge in [0.2, 0.25) is 5.91 Å². The Morgan fingerprint density at radius 3 is 2.75 bits per heavy atom. The summed E-state index contributed by atoms with van der Waals surface area (Å²) in [4.78, 5) is 26.8. The fourth-order valence-electron chi connectivity index (χ4n) is 3.81. The largest absolute Gasteiger partial charge is 0.489 e. The molecule has 11 heteroatoms. The minimum atomic E-state index is -4.56. The van der Waals surface area contributed by atoms with Crippen molar-refractivity contribution >= 4 is 28.4 Å². The van der Waals surface area contributed by atoms with Gasteiger partial charge in [-0.3, -0.25) is 9.69 Å². The second-order valence-corrected chi connectivity index (χ2v) is 7.41. The predicted molar refractivity (Wildman–Crippen MR) is 109 cm³/mol. The number of nitrogens with zero attached hydrogens (tertiary/aromatic N) is 4. The third-order valence-electron chi connectivity index (χ3n) is 5.31. The molecule has 1 fully saturated rings. The predicted octanol–water partition coefficient (Wildman–Crippen LogP) is 3.55. The quantitative estimate of drug-likeness (QED) is 0.613. The average molecular weight is 445 g/mol. The first kappa shape index (κ1) is 20.3. The number of fused-ring (bicyclic) bond motifs is 5. The lowest BCUT2D eigenvalue weighted by Crippen LogP contribution is -2.24. The van der Waals surface area contributed by atoms with Gasteiger partial charge in [-0.05, 0) is 18.6 Å². The summed E-state index contributed by atoms with van der Waals surface area (Å²) in [5, 5.41) is 3.66. The second-order valence-electron chi connectivity index (χ2n) is 7.41. The molecule has 5 rings (SSSR count). The summed E-state index contributed by atoms with van der Waals surface area (Å²) < 4.78 is 51.5. The zero-order valence-electron chi connectivity index (χ0n) is 16.8. The van der Waals surface area contributed by atoms with E-state index in [1.165, 1.54) is 12.3 Å². The molecule has 1 N–H and O–H groups in total. The molecule has 2 aliphatic rings. The number of para-hydroxylation sites is 1. The molecule has 2 aliphatic heterocycles. The van der Waals surface area contributed by atoms with E-state index < -0.39 is 11.7 Å². The third-order valence-corrected chi connectivity index (χ3v) is 5.31. The maximum atomic E-state index is 13.5. The van der Waals surface area contributed by atoms with Crippen molar-refractivity contribution < 1.29 is 27.4 Å². The molecule has 8 nitrogen and oxygen atoms in total. The molecule has 166 valence electrons. The van der Waals surface area contributed by atoms with E-state index in [1.54, 1.807) is 17.0 Å². The van der Waals surface area contributed by atoms with Crippen LogP contribution in [0, 0.1) is 0 Å². The lowest BCUT2D eigenvalue weighted by Gasteiger charge is -2.18. The summed E-state index contributed by atoms with van der Waals surface area (Å²) in [5.74, 6) is 0.593.